The highest BCUT2D eigenvalue weighted by molar-refractivity contribution is 5.95. The summed E-state index contributed by atoms with van der Waals surface area (Å²) in [5.74, 6) is 0.627. The van der Waals surface area contributed by atoms with Crippen molar-refractivity contribution in [2.75, 3.05) is 0 Å². The number of aromatic nitrogens is 3. The van der Waals surface area contributed by atoms with Gasteiger partial charge in [-0.25, -0.2) is 0 Å². The molecule has 0 saturated carbocycles. The Kier molecular flexibility index (Phi) is 3.96. The first kappa shape index (κ1) is 15.1. The molecule has 0 bridgehead atoms. The fourth-order valence-electron chi connectivity index (χ4n) is 2.70. The number of fused-ring (bicyclic) bond motifs is 1. The summed E-state index contributed by atoms with van der Waals surface area (Å²) in [6.07, 6.45) is 1.83. The average Bonchev–Trinajstić information content (AvgIpc) is 3.11. The van der Waals surface area contributed by atoms with Gasteiger partial charge in [0.25, 0.3) is 5.91 Å². The molecule has 1 N–H and O–H groups in total. The number of rotatable bonds is 4. The molecule has 5 heteroatoms. The van der Waals surface area contributed by atoms with Crippen LogP contribution in [0.25, 0.3) is 17.0 Å². The van der Waals surface area contributed by atoms with E-state index in [1.54, 1.807) is 12.1 Å². The maximum absolute atomic E-state index is 12.4. The van der Waals surface area contributed by atoms with E-state index in [-0.39, 0.29) is 5.91 Å². The lowest BCUT2D eigenvalue weighted by Crippen LogP contribution is -2.22. The van der Waals surface area contributed by atoms with Crippen LogP contribution in [0.4, 0.5) is 0 Å². The maximum Gasteiger partial charge on any atom is 0.251 e. The highest BCUT2D eigenvalue weighted by Crippen LogP contribution is 2.18. The minimum absolute atomic E-state index is 0.129. The van der Waals surface area contributed by atoms with Gasteiger partial charge in [-0.15, -0.1) is 10.2 Å². The number of amides is 1. The number of pyridine rings is 1. The lowest BCUT2D eigenvalue weighted by molar-refractivity contribution is 0.0951. The van der Waals surface area contributed by atoms with E-state index in [1.807, 2.05) is 71.3 Å². The Balaban J connectivity index is 1.56. The molecule has 0 atom stereocenters. The zero-order valence-corrected chi connectivity index (χ0v) is 13.5. The molecule has 25 heavy (non-hydrogen) atoms. The molecule has 4 aromatic rings. The molecule has 0 spiro atoms. The highest BCUT2D eigenvalue weighted by Gasteiger charge is 2.11. The van der Waals surface area contributed by atoms with Gasteiger partial charge in [-0.2, -0.15) is 0 Å². The number of carbonyl (C=O) groups is 1. The topological polar surface area (TPSA) is 59.3 Å². The van der Waals surface area contributed by atoms with Crippen molar-refractivity contribution in [3.8, 4) is 11.4 Å². The second kappa shape index (κ2) is 6.57. The smallest absolute Gasteiger partial charge is 0.251 e. The number of carbonyl (C=O) groups excluding carboxylic acids is 1. The molecule has 0 aliphatic carbocycles. The molecule has 0 radical (unpaired) electrons. The molecule has 5 nitrogen and oxygen atoms in total. The summed E-state index contributed by atoms with van der Waals surface area (Å²) in [5, 5.41) is 11.4. The van der Waals surface area contributed by atoms with Crippen LogP contribution in [0.1, 0.15) is 15.9 Å². The molecular weight excluding hydrogens is 312 g/mol. The number of hydrogen-bond donors (Lipinski definition) is 1. The molecule has 4 rings (SSSR count). The van der Waals surface area contributed by atoms with Crippen molar-refractivity contribution in [2.24, 2.45) is 0 Å². The lowest BCUT2D eigenvalue weighted by Gasteiger charge is -2.06. The van der Waals surface area contributed by atoms with E-state index < -0.39 is 0 Å². The molecule has 0 aliphatic rings. The molecule has 0 fully saturated rings. The second-order valence-corrected chi connectivity index (χ2v) is 5.70. The standard InChI is InChI=1S/C20H16N4O/c25-20(21-14-15-7-3-1-4-8-15)17-11-12-24-18(13-17)22-23-19(24)16-9-5-2-6-10-16/h1-13H,14H2,(H,21,25). The van der Waals surface area contributed by atoms with Crippen LogP contribution in [0.3, 0.4) is 0 Å². The third kappa shape index (κ3) is 3.12. The van der Waals surface area contributed by atoms with E-state index in [0.29, 0.717) is 17.8 Å². The van der Waals surface area contributed by atoms with E-state index in [0.717, 1.165) is 17.0 Å². The normalized spacial score (nSPS) is 10.7. The summed E-state index contributed by atoms with van der Waals surface area (Å²) in [4.78, 5) is 12.4. The number of nitrogens with one attached hydrogen (secondary N) is 1. The predicted molar refractivity (Wildman–Crippen MR) is 96.0 cm³/mol. The van der Waals surface area contributed by atoms with E-state index in [9.17, 15) is 4.79 Å². The van der Waals surface area contributed by atoms with Crippen molar-refractivity contribution in [3.63, 3.8) is 0 Å². The van der Waals surface area contributed by atoms with E-state index >= 15 is 0 Å². The Bertz CT molecular complexity index is 1010. The molecule has 2 aromatic heterocycles. The van der Waals surface area contributed by atoms with Crippen LogP contribution in [-0.4, -0.2) is 20.5 Å². The molecule has 0 unspecified atom stereocenters. The maximum atomic E-state index is 12.4. The molecule has 2 aromatic carbocycles. The van der Waals surface area contributed by atoms with Gasteiger partial charge in [-0.1, -0.05) is 60.7 Å². The van der Waals surface area contributed by atoms with Gasteiger partial charge in [0, 0.05) is 23.9 Å². The van der Waals surface area contributed by atoms with Crippen molar-refractivity contribution in [1.29, 1.82) is 0 Å². The Morgan fingerprint density at radius 2 is 1.64 bits per heavy atom. The van der Waals surface area contributed by atoms with Gasteiger partial charge in [-0.05, 0) is 17.7 Å². The molecule has 122 valence electrons. The van der Waals surface area contributed by atoms with Gasteiger partial charge in [0.1, 0.15) is 0 Å². The molecule has 1 amide bonds. The Labute approximate surface area is 145 Å². The highest BCUT2D eigenvalue weighted by atomic mass is 16.1. The van der Waals surface area contributed by atoms with Gasteiger partial charge < -0.3 is 5.32 Å². The first-order chi connectivity index (χ1) is 12.3. The van der Waals surface area contributed by atoms with E-state index in [4.69, 9.17) is 0 Å². The van der Waals surface area contributed by atoms with Crippen molar-refractivity contribution >= 4 is 11.6 Å². The fraction of sp³-hybridized carbons (Fsp3) is 0.0500. The molecule has 2 heterocycles. The second-order valence-electron chi connectivity index (χ2n) is 5.70. The average molecular weight is 328 g/mol. The van der Waals surface area contributed by atoms with Crippen molar-refractivity contribution in [3.05, 3.63) is 90.1 Å². The first-order valence-electron chi connectivity index (χ1n) is 8.03. The molecule has 0 saturated heterocycles. The van der Waals surface area contributed by atoms with E-state index in [1.165, 1.54) is 0 Å². The van der Waals surface area contributed by atoms with Crippen LogP contribution in [0, 0.1) is 0 Å². The van der Waals surface area contributed by atoms with Crippen LogP contribution >= 0.6 is 0 Å². The van der Waals surface area contributed by atoms with Crippen LogP contribution in [0.15, 0.2) is 79.0 Å². The largest absolute Gasteiger partial charge is 0.348 e. The number of benzene rings is 2. The SMILES string of the molecule is O=C(NCc1ccccc1)c1ccn2c(-c3ccccc3)nnc2c1. The summed E-state index contributed by atoms with van der Waals surface area (Å²) in [6.45, 7) is 0.493. The summed E-state index contributed by atoms with van der Waals surface area (Å²) in [7, 11) is 0. The fourth-order valence-corrected chi connectivity index (χ4v) is 2.70. The van der Waals surface area contributed by atoms with Crippen molar-refractivity contribution < 1.29 is 4.79 Å². The third-order valence-corrected chi connectivity index (χ3v) is 4.00. The number of nitrogens with zero attached hydrogens (tertiary/aromatic N) is 3. The monoisotopic (exact) mass is 328 g/mol. The quantitative estimate of drug-likeness (QED) is 0.625. The number of hydrogen-bond acceptors (Lipinski definition) is 3. The summed E-state index contributed by atoms with van der Waals surface area (Å²) in [5.41, 5.74) is 3.25. The summed E-state index contributed by atoms with van der Waals surface area (Å²) in [6, 6.07) is 23.2. The van der Waals surface area contributed by atoms with Crippen LogP contribution in [0.5, 0.6) is 0 Å². The van der Waals surface area contributed by atoms with Crippen molar-refractivity contribution in [2.45, 2.75) is 6.54 Å². The van der Waals surface area contributed by atoms with Crippen LogP contribution in [0.2, 0.25) is 0 Å². The summed E-state index contributed by atoms with van der Waals surface area (Å²) < 4.78 is 1.88. The van der Waals surface area contributed by atoms with Gasteiger partial charge >= 0.3 is 0 Å². The minimum atomic E-state index is -0.129. The summed E-state index contributed by atoms with van der Waals surface area (Å²) >= 11 is 0. The molecular formula is C20H16N4O. The Hall–Kier alpha value is -3.47. The lowest BCUT2D eigenvalue weighted by atomic mass is 10.2. The van der Waals surface area contributed by atoms with Crippen LogP contribution in [-0.2, 0) is 6.54 Å². The van der Waals surface area contributed by atoms with Gasteiger partial charge in [0.2, 0.25) is 0 Å². The minimum Gasteiger partial charge on any atom is -0.348 e. The zero-order chi connectivity index (χ0) is 17.1. The van der Waals surface area contributed by atoms with Gasteiger partial charge in [0.05, 0.1) is 0 Å². The Morgan fingerprint density at radius 1 is 0.920 bits per heavy atom. The molecule has 0 aliphatic heterocycles. The predicted octanol–water partition coefficient (Wildman–Crippen LogP) is 3.33. The van der Waals surface area contributed by atoms with E-state index in [2.05, 4.69) is 15.5 Å². The van der Waals surface area contributed by atoms with Crippen LogP contribution < -0.4 is 5.32 Å². The van der Waals surface area contributed by atoms with Crippen molar-refractivity contribution in [1.82, 2.24) is 19.9 Å². The first-order valence-corrected chi connectivity index (χ1v) is 8.03. The van der Waals surface area contributed by atoms with Gasteiger partial charge in [0.15, 0.2) is 11.5 Å². The zero-order valence-electron chi connectivity index (χ0n) is 13.5. The third-order valence-electron chi connectivity index (χ3n) is 4.00. The van der Waals surface area contributed by atoms with Gasteiger partial charge in [-0.3, -0.25) is 9.20 Å². The Morgan fingerprint density at radius 3 is 2.40 bits per heavy atom.